The van der Waals surface area contributed by atoms with Crippen molar-refractivity contribution in [3.63, 3.8) is 0 Å². The summed E-state index contributed by atoms with van der Waals surface area (Å²) in [5, 5.41) is 1.06. The fourth-order valence-corrected chi connectivity index (χ4v) is 4.81. The van der Waals surface area contributed by atoms with E-state index in [0.717, 1.165) is 33.3 Å². The van der Waals surface area contributed by atoms with E-state index in [-0.39, 0.29) is 18.5 Å². The number of para-hydroxylation sites is 1. The van der Waals surface area contributed by atoms with Crippen LogP contribution in [0.5, 0.6) is 0 Å². The monoisotopic (exact) mass is 424 g/mol. The maximum absolute atomic E-state index is 13.4. The van der Waals surface area contributed by atoms with E-state index in [1.165, 1.54) is 12.7 Å². The van der Waals surface area contributed by atoms with Crippen LogP contribution in [0, 0.1) is 6.92 Å². The average molecular weight is 425 g/mol. The second kappa shape index (κ2) is 7.68. The van der Waals surface area contributed by atoms with Crippen LogP contribution in [0.25, 0.3) is 22.2 Å². The molecule has 1 aliphatic heterocycles. The molecule has 3 aromatic carbocycles. The highest BCUT2D eigenvalue weighted by Gasteiger charge is 2.41. The van der Waals surface area contributed by atoms with E-state index in [1.54, 1.807) is 4.90 Å². The summed E-state index contributed by atoms with van der Waals surface area (Å²) in [5.41, 5.74) is 6.93. The second-order valence-corrected chi connectivity index (χ2v) is 8.20. The number of nitrogens with zero attached hydrogens (tertiary/aromatic N) is 2. The quantitative estimate of drug-likeness (QED) is 0.439. The molecule has 2 heterocycles. The van der Waals surface area contributed by atoms with Gasteiger partial charge in [-0.1, -0.05) is 66.2 Å². The highest BCUT2D eigenvalue weighted by atomic mass is 16.5. The van der Waals surface area contributed by atoms with Gasteiger partial charge in [-0.05, 0) is 30.2 Å². The Morgan fingerprint density at radius 1 is 0.969 bits per heavy atom. The molecular weight excluding hydrogens is 400 g/mol. The summed E-state index contributed by atoms with van der Waals surface area (Å²) in [5.74, 6) is -0.591. The van der Waals surface area contributed by atoms with Crippen molar-refractivity contribution in [3.8, 4) is 11.3 Å². The number of aryl methyl sites for hydroxylation is 2. The van der Waals surface area contributed by atoms with E-state index in [1.807, 2.05) is 43.4 Å². The molecule has 0 N–H and O–H groups in total. The summed E-state index contributed by atoms with van der Waals surface area (Å²) < 4.78 is 7.10. The number of ether oxygens (including phenoxy) is 1. The maximum Gasteiger partial charge on any atom is 0.325 e. The number of carbonyl (C=O) groups is 2. The van der Waals surface area contributed by atoms with E-state index in [2.05, 4.69) is 47.9 Å². The second-order valence-electron chi connectivity index (χ2n) is 8.20. The molecule has 4 aromatic rings. The number of carbonyl (C=O) groups excluding carboxylic acids is 2. The van der Waals surface area contributed by atoms with E-state index >= 15 is 0 Å². The van der Waals surface area contributed by atoms with Gasteiger partial charge < -0.3 is 14.2 Å². The first-order chi connectivity index (χ1) is 15.5. The van der Waals surface area contributed by atoms with Gasteiger partial charge in [0.1, 0.15) is 6.54 Å². The number of aromatic nitrogens is 1. The lowest BCUT2D eigenvalue weighted by Gasteiger charge is -2.26. The van der Waals surface area contributed by atoms with Gasteiger partial charge in [-0.3, -0.25) is 9.59 Å². The van der Waals surface area contributed by atoms with Gasteiger partial charge in [0.25, 0.3) is 5.91 Å². The molecule has 0 bridgehead atoms. The Kier molecular flexibility index (Phi) is 4.82. The number of methoxy groups -OCH3 is 1. The van der Waals surface area contributed by atoms with Crippen molar-refractivity contribution in [1.29, 1.82) is 0 Å². The van der Waals surface area contributed by atoms with Crippen molar-refractivity contribution in [1.82, 2.24) is 9.47 Å². The zero-order chi connectivity index (χ0) is 22.4. The molecule has 1 amide bonds. The van der Waals surface area contributed by atoms with Gasteiger partial charge in [0, 0.05) is 29.1 Å². The molecule has 1 atom stereocenters. The molecule has 32 heavy (non-hydrogen) atoms. The number of rotatable bonds is 4. The molecule has 0 radical (unpaired) electrons. The Morgan fingerprint density at radius 3 is 2.41 bits per heavy atom. The minimum absolute atomic E-state index is 0.106. The van der Waals surface area contributed by atoms with E-state index in [9.17, 15) is 9.59 Å². The Balaban J connectivity index is 1.82. The van der Waals surface area contributed by atoms with Crippen molar-refractivity contribution < 1.29 is 14.3 Å². The summed E-state index contributed by atoms with van der Waals surface area (Å²) in [6, 6.07) is 23.8. The van der Waals surface area contributed by atoms with Crippen LogP contribution in [0.1, 0.15) is 33.1 Å². The van der Waals surface area contributed by atoms with Crippen LogP contribution >= 0.6 is 0 Å². The molecule has 0 saturated heterocycles. The van der Waals surface area contributed by atoms with Gasteiger partial charge in [-0.2, -0.15) is 0 Å². The summed E-state index contributed by atoms with van der Waals surface area (Å²) in [4.78, 5) is 27.3. The number of amides is 1. The van der Waals surface area contributed by atoms with Crippen molar-refractivity contribution in [3.05, 3.63) is 95.1 Å². The number of hydrogen-bond acceptors (Lipinski definition) is 3. The molecule has 160 valence electrons. The van der Waals surface area contributed by atoms with Gasteiger partial charge in [0.15, 0.2) is 0 Å². The van der Waals surface area contributed by atoms with Crippen LogP contribution < -0.4 is 0 Å². The van der Waals surface area contributed by atoms with E-state index in [4.69, 9.17) is 4.74 Å². The van der Waals surface area contributed by atoms with Crippen LogP contribution in [-0.2, 0) is 16.6 Å². The lowest BCUT2D eigenvalue weighted by atomic mass is 9.93. The number of benzene rings is 3. The lowest BCUT2D eigenvalue weighted by molar-refractivity contribution is -0.141. The van der Waals surface area contributed by atoms with Gasteiger partial charge in [0.2, 0.25) is 0 Å². The third-order valence-corrected chi connectivity index (χ3v) is 6.33. The summed E-state index contributed by atoms with van der Waals surface area (Å²) >= 11 is 0. The van der Waals surface area contributed by atoms with E-state index in [0.29, 0.717) is 5.56 Å². The van der Waals surface area contributed by atoms with Gasteiger partial charge >= 0.3 is 5.97 Å². The Bertz CT molecular complexity index is 1350. The maximum atomic E-state index is 13.4. The Hall–Kier alpha value is -3.86. The summed E-state index contributed by atoms with van der Waals surface area (Å²) in [7, 11) is 3.40. The number of hydrogen-bond donors (Lipinski definition) is 0. The van der Waals surface area contributed by atoms with Crippen LogP contribution in [0.15, 0.2) is 72.8 Å². The zero-order valence-corrected chi connectivity index (χ0v) is 18.3. The Labute approximate surface area is 186 Å². The first-order valence-electron chi connectivity index (χ1n) is 10.6. The highest BCUT2D eigenvalue weighted by molar-refractivity contribution is 6.03. The normalized spacial score (nSPS) is 15.3. The van der Waals surface area contributed by atoms with Crippen molar-refractivity contribution >= 4 is 22.8 Å². The fraction of sp³-hybridized carbons (Fsp3) is 0.185. The van der Waals surface area contributed by atoms with Crippen molar-refractivity contribution in [2.24, 2.45) is 7.05 Å². The average Bonchev–Trinajstić information content (AvgIpc) is 3.26. The third-order valence-electron chi connectivity index (χ3n) is 6.33. The SMILES string of the molecule is COC(=O)CN1C(=O)c2ccccc2[C@H]1c1c(-c2ccc(C)cc2)n(C)c2ccccc12. The molecule has 1 aromatic heterocycles. The minimum Gasteiger partial charge on any atom is -0.468 e. The fourth-order valence-electron chi connectivity index (χ4n) is 4.81. The highest BCUT2D eigenvalue weighted by Crippen LogP contribution is 2.46. The predicted octanol–water partition coefficient (Wildman–Crippen LogP) is 4.87. The minimum atomic E-state index is -0.437. The summed E-state index contributed by atoms with van der Waals surface area (Å²) in [6.07, 6.45) is 0. The smallest absolute Gasteiger partial charge is 0.325 e. The molecule has 0 spiro atoms. The standard InChI is InChI=1S/C27H24N2O3/c1-17-12-14-18(15-13-17)25-24(21-10-6-7-11-22(21)28(25)2)26-19-8-4-5-9-20(19)27(31)29(26)16-23(30)32-3/h4-15,26H,16H2,1-3H3/t26-/m0/s1. The molecule has 0 unspecified atom stereocenters. The first-order valence-corrected chi connectivity index (χ1v) is 10.6. The zero-order valence-electron chi connectivity index (χ0n) is 18.3. The van der Waals surface area contributed by atoms with Crippen molar-refractivity contribution in [2.45, 2.75) is 13.0 Å². The van der Waals surface area contributed by atoms with Crippen LogP contribution in [0.4, 0.5) is 0 Å². The Morgan fingerprint density at radius 2 is 1.66 bits per heavy atom. The first kappa shape index (κ1) is 20.1. The predicted molar refractivity (Wildman–Crippen MR) is 124 cm³/mol. The number of fused-ring (bicyclic) bond motifs is 2. The van der Waals surface area contributed by atoms with Crippen molar-refractivity contribution in [2.75, 3.05) is 13.7 Å². The molecule has 0 saturated carbocycles. The van der Waals surface area contributed by atoms with E-state index < -0.39 is 5.97 Å². The number of esters is 1. The van der Waals surface area contributed by atoms with Gasteiger partial charge in [0.05, 0.1) is 18.8 Å². The van der Waals surface area contributed by atoms with Crippen LogP contribution in [-0.4, -0.2) is 35.0 Å². The lowest BCUT2D eigenvalue weighted by Crippen LogP contribution is -2.34. The molecule has 0 aliphatic carbocycles. The molecule has 5 nitrogen and oxygen atoms in total. The third kappa shape index (κ3) is 3.01. The molecular formula is C27H24N2O3. The van der Waals surface area contributed by atoms with Crippen LogP contribution in [0.2, 0.25) is 0 Å². The largest absolute Gasteiger partial charge is 0.468 e. The topological polar surface area (TPSA) is 51.5 Å². The molecule has 0 fully saturated rings. The van der Waals surface area contributed by atoms with Crippen LogP contribution in [0.3, 0.4) is 0 Å². The molecule has 1 aliphatic rings. The molecule has 5 heteroatoms. The van der Waals surface area contributed by atoms with Gasteiger partial charge in [-0.15, -0.1) is 0 Å². The van der Waals surface area contributed by atoms with Gasteiger partial charge in [-0.25, -0.2) is 0 Å². The molecule has 5 rings (SSSR count). The summed E-state index contributed by atoms with van der Waals surface area (Å²) in [6.45, 7) is 1.96.